The van der Waals surface area contributed by atoms with Crippen LogP contribution in [0.1, 0.15) is 21.9 Å². The van der Waals surface area contributed by atoms with E-state index in [1.165, 1.54) is 0 Å². The average molecular weight is 360 g/mol. The van der Waals surface area contributed by atoms with E-state index in [4.69, 9.17) is 20.8 Å². The summed E-state index contributed by atoms with van der Waals surface area (Å²) in [4.78, 5) is 12.1. The zero-order valence-electron chi connectivity index (χ0n) is 13.7. The quantitative estimate of drug-likeness (QED) is 0.701. The van der Waals surface area contributed by atoms with Gasteiger partial charge < -0.3 is 14.5 Å². The number of hydrogen-bond donors (Lipinski definition) is 1. The van der Waals surface area contributed by atoms with Gasteiger partial charge >= 0.3 is 0 Å². The van der Waals surface area contributed by atoms with Gasteiger partial charge in [-0.1, -0.05) is 29.8 Å². The van der Waals surface area contributed by atoms with Crippen molar-refractivity contribution >= 4 is 17.5 Å². The van der Waals surface area contributed by atoms with Gasteiger partial charge in [-0.15, -0.1) is 0 Å². The predicted octanol–water partition coefficient (Wildman–Crippen LogP) is 3.45. The highest BCUT2D eigenvalue weighted by molar-refractivity contribution is 6.30. The zero-order valence-corrected chi connectivity index (χ0v) is 14.5. The maximum atomic E-state index is 12.1. The number of benzene rings is 1. The Morgan fingerprint density at radius 2 is 2.16 bits per heavy atom. The summed E-state index contributed by atoms with van der Waals surface area (Å²) in [5.41, 5.74) is 1.05. The highest BCUT2D eigenvalue weighted by atomic mass is 35.5. The number of carbonyl (C=O) groups excluding carboxylic acids is 1. The first kappa shape index (κ1) is 17.1. The number of nitrogens with one attached hydrogen (secondary N) is 1. The zero-order chi connectivity index (χ0) is 17.6. The van der Waals surface area contributed by atoms with Gasteiger partial charge in [0.15, 0.2) is 5.76 Å². The van der Waals surface area contributed by atoms with Crippen molar-refractivity contribution in [3.63, 3.8) is 0 Å². The number of rotatable bonds is 7. The second kappa shape index (κ2) is 7.90. The number of aryl methyl sites for hydroxylation is 1. The lowest BCUT2D eigenvalue weighted by molar-refractivity contribution is 0.0920. The van der Waals surface area contributed by atoms with Crippen molar-refractivity contribution in [2.75, 3.05) is 6.54 Å². The molecule has 25 heavy (non-hydrogen) atoms. The molecule has 1 amide bonds. The van der Waals surface area contributed by atoms with Crippen molar-refractivity contribution in [3.05, 3.63) is 70.9 Å². The van der Waals surface area contributed by atoms with Crippen LogP contribution in [0.2, 0.25) is 5.02 Å². The van der Waals surface area contributed by atoms with E-state index in [0.717, 1.165) is 11.3 Å². The molecule has 0 atom stereocenters. The van der Waals surface area contributed by atoms with Crippen LogP contribution in [0, 0.1) is 6.92 Å². The molecule has 2 aromatic heterocycles. The minimum absolute atomic E-state index is 0.252. The van der Waals surface area contributed by atoms with Gasteiger partial charge in [0.2, 0.25) is 0 Å². The Hall–Kier alpha value is -2.73. The third kappa shape index (κ3) is 4.64. The summed E-state index contributed by atoms with van der Waals surface area (Å²) >= 11 is 5.79. The number of furan rings is 1. The normalized spacial score (nSPS) is 10.6. The highest BCUT2D eigenvalue weighted by Crippen LogP contribution is 2.18. The monoisotopic (exact) mass is 359 g/mol. The third-order valence-corrected chi connectivity index (χ3v) is 3.77. The number of carbonyl (C=O) groups is 1. The van der Waals surface area contributed by atoms with Crippen LogP contribution in [0.3, 0.4) is 0 Å². The molecule has 0 saturated heterocycles. The predicted molar refractivity (Wildman–Crippen MR) is 93.8 cm³/mol. The van der Waals surface area contributed by atoms with Crippen molar-refractivity contribution < 1.29 is 13.9 Å². The Kier molecular flexibility index (Phi) is 5.40. The van der Waals surface area contributed by atoms with Crippen LogP contribution in [0.5, 0.6) is 5.75 Å². The van der Waals surface area contributed by atoms with E-state index in [1.807, 2.05) is 31.2 Å². The first-order valence-electron chi connectivity index (χ1n) is 7.85. The Balaban J connectivity index is 1.48. The number of ether oxygens (including phenoxy) is 1. The van der Waals surface area contributed by atoms with Crippen LogP contribution in [-0.4, -0.2) is 22.2 Å². The SMILES string of the molecule is Cc1ccccc1OCc1ccc(C(=O)NCCn2cc(Cl)cn2)o1. The van der Waals surface area contributed by atoms with Gasteiger partial charge in [-0.25, -0.2) is 0 Å². The summed E-state index contributed by atoms with van der Waals surface area (Å²) in [7, 11) is 0. The highest BCUT2D eigenvalue weighted by Gasteiger charge is 2.11. The van der Waals surface area contributed by atoms with E-state index >= 15 is 0 Å². The van der Waals surface area contributed by atoms with Gasteiger partial charge in [-0.2, -0.15) is 5.10 Å². The van der Waals surface area contributed by atoms with Crippen molar-refractivity contribution in [2.45, 2.75) is 20.1 Å². The largest absolute Gasteiger partial charge is 0.485 e. The first-order valence-corrected chi connectivity index (χ1v) is 8.23. The van der Waals surface area contributed by atoms with Crippen LogP contribution < -0.4 is 10.1 Å². The number of aromatic nitrogens is 2. The van der Waals surface area contributed by atoms with Crippen molar-refractivity contribution in [1.82, 2.24) is 15.1 Å². The van der Waals surface area contributed by atoms with Crippen molar-refractivity contribution in [1.29, 1.82) is 0 Å². The van der Waals surface area contributed by atoms with E-state index in [2.05, 4.69) is 10.4 Å². The Morgan fingerprint density at radius 3 is 2.92 bits per heavy atom. The third-order valence-electron chi connectivity index (χ3n) is 3.58. The molecule has 0 fully saturated rings. The molecule has 7 heteroatoms. The number of para-hydroxylation sites is 1. The van der Waals surface area contributed by atoms with E-state index in [-0.39, 0.29) is 18.3 Å². The van der Waals surface area contributed by atoms with E-state index < -0.39 is 0 Å². The number of halogens is 1. The van der Waals surface area contributed by atoms with Gasteiger partial charge in [-0.05, 0) is 30.7 Å². The lowest BCUT2D eigenvalue weighted by Gasteiger charge is -2.07. The minimum atomic E-state index is -0.277. The summed E-state index contributed by atoms with van der Waals surface area (Å²) in [6.07, 6.45) is 3.25. The molecule has 1 N–H and O–H groups in total. The molecule has 130 valence electrons. The standard InChI is InChI=1S/C18H18ClN3O3/c1-13-4-2-3-5-16(13)24-12-15-6-7-17(25-15)18(23)20-8-9-22-11-14(19)10-21-22/h2-7,10-11H,8-9,12H2,1H3,(H,20,23). The molecular formula is C18H18ClN3O3. The first-order chi connectivity index (χ1) is 12.1. The van der Waals surface area contributed by atoms with Gasteiger partial charge in [0.1, 0.15) is 18.1 Å². The van der Waals surface area contributed by atoms with Crippen LogP contribution >= 0.6 is 11.6 Å². The Bertz CT molecular complexity index is 857. The van der Waals surface area contributed by atoms with Gasteiger partial charge in [0, 0.05) is 12.7 Å². The van der Waals surface area contributed by atoms with E-state index in [1.54, 1.807) is 29.2 Å². The second-order valence-electron chi connectivity index (χ2n) is 5.50. The molecule has 0 aliphatic carbocycles. The molecule has 0 bridgehead atoms. The van der Waals surface area contributed by atoms with E-state index in [0.29, 0.717) is 23.9 Å². The Labute approximate surface area is 150 Å². The summed E-state index contributed by atoms with van der Waals surface area (Å²) in [6.45, 7) is 3.20. The van der Waals surface area contributed by atoms with Crippen LogP contribution in [0.15, 0.2) is 53.2 Å². The lowest BCUT2D eigenvalue weighted by atomic mass is 10.2. The molecule has 2 heterocycles. The fraction of sp³-hybridized carbons (Fsp3) is 0.222. The molecule has 0 saturated carbocycles. The lowest BCUT2D eigenvalue weighted by Crippen LogP contribution is -2.27. The molecular weight excluding hydrogens is 342 g/mol. The molecule has 0 aliphatic rings. The molecule has 0 spiro atoms. The second-order valence-corrected chi connectivity index (χ2v) is 5.93. The summed E-state index contributed by atoms with van der Waals surface area (Å²) in [5.74, 6) is 1.36. The molecule has 0 radical (unpaired) electrons. The van der Waals surface area contributed by atoms with Crippen LogP contribution in [0.25, 0.3) is 0 Å². The topological polar surface area (TPSA) is 69.3 Å². The van der Waals surface area contributed by atoms with Crippen molar-refractivity contribution in [3.8, 4) is 5.75 Å². The van der Waals surface area contributed by atoms with Crippen LogP contribution in [-0.2, 0) is 13.2 Å². The summed E-state index contributed by atoms with van der Waals surface area (Å²) in [6, 6.07) is 11.1. The molecule has 0 unspecified atom stereocenters. The maximum absolute atomic E-state index is 12.1. The smallest absolute Gasteiger partial charge is 0.287 e. The fourth-order valence-electron chi connectivity index (χ4n) is 2.28. The van der Waals surface area contributed by atoms with Gasteiger partial charge in [-0.3, -0.25) is 9.48 Å². The average Bonchev–Trinajstić information content (AvgIpc) is 3.23. The number of hydrogen-bond acceptors (Lipinski definition) is 4. The molecule has 0 aliphatic heterocycles. The fourth-order valence-corrected chi connectivity index (χ4v) is 2.43. The maximum Gasteiger partial charge on any atom is 0.287 e. The molecule has 1 aromatic carbocycles. The molecule has 3 aromatic rings. The summed E-state index contributed by atoms with van der Waals surface area (Å²) < 4.78 is 12.9. The molecule has 6 nitrogen and oxygen atoms in total. The number of amides is 1. The van der Waals surface area contributed by atoms with Crippen molar-refractivity contribution in [2.24, 2.45) is 0 Å². The minimum Gasteiger partial charge on any atom is -0.485 e. The van der Waals surface area contributed by atoms with Gasteiger partial charge in [0.05, 0.1) is 17.8 Å². The Morgan fingerprint density at radius 1 is 1.32 bits per heavy atom. The van der Waals surface area contributed by atoms with Crippen LogP contribution in [0.4, 0.5) is 0 Å². The number of nitrogens with zero attached hydrogens (tertiary/aromatic N) is 2. The van der Waals surface area contributed by atoms with E-state index in [9.17, 15) is 4.79 Å². The van der Waals surface area contributed by atoms with Gasteiger partial charge in [0.25, 0.3) is 5.91 Å². The molecule has 3 rings (SSSR count). The summed E-state index contributed by atoms with van der Waals surface area (Å²) in [5, 5.41) is 7.38.